The van der Waals surface area contributed by atoms with Crippen LogP contribution in [0, 0.1) is 5.82 Å². The highest BCUT2D eigenvalue weighted by Crippen LogP contribution is 2.31. The van der Waals surface area contributed by atoms with E-state index in [1.165, 1.54) is 28.9 Å². The molecule has 0 spiro atoms. The third kappa shape index (κ3) is 5.11. The number of carbonyl (C=O) groups is 1. The maximum Gasteiger partial charge on any atom is 0.274 e. The van der Waals surface area contributed by atoms with Crippen LogP contribution < -0.4 is 10.3 Å². The summed E-state index contributed by atoms with van der Waals surface area (Å²) in [4.78, 5) is 26.9. The summed E-state index contributed by atoms with van der Waals surface area (Å²) >= 11 is 6.15. The first-order valence-corrected chi connectivity index (χ1v) is 10.4. The van der Waals surface area contributed by atoms with Gasteiger partial charge in [-0.2, -0.15) is 5.10 Å². The molecule has 4 rings (SSSR count). The number of halogens is 2. The number of hydrogen-bond acceptors (Lipinski definition) is 4. The van der Waals surface area contributed by atoms with Crippen molar-refractivity contribution in [3.8, 4) is 5.75 Å². The molecule has 1 amide bonds. The molecular weight excluding hydrogens is 421 g/mol. The highest BCUT2D eigenvalue weighted by Gasteiger charge is 2.34. The third-order valence-electron chi connectivity index (χ3n) is 5.04. The van der Waals surface area contributed by atoms with Crippen LogP contribution in [0.4, 0.5) is 4.39 Å². The molecule has 1 saturated carbocycles. The number of ether oxygens (including phenoxy) is 1. The van der Waals surface area contributed by atoms with E-state index in [4.69, 9.17) is 16.3 Å². The van der Waals surface area contributed by atoms with Crippen LogP contribution in [0.1, 0.15) is 28.9 Å². The molecule has 160 valence electrons. The zero-order valence-corrected chi connectivity index (χ0v) is 17.5. The van der Waals surface area contributed by atoms with Crippen molar-refractivity contribution in [2.75, 3.05) is 6.61 Å². The van der Waals surface area contributed by atoms with Gasteiger partial charge in [-0.3, -0.25) is 9.59 Å². The van der Waals surface area contributed by atoms with Gasteiger partial charge in [0.2, 0.25) is 0 Å². The van der Waals surface area contributed by atoms with Crippen molar-refractivity contribution in [2.45, 2.75) is 32.0 Å². The largest absolute Gasteiger partial charge is 0.492 e. The molecule has 0 unspecified atom stereocenters. The van der Waals surface area contributed by atoms with Gasteiger partial charge in [0.15, 0.2) is 0 Å². The Balaban J connectivity index is 1.50. The first kappa shape index (κ1) is 21.1. The second-order valence-corrected chi connectivity index (χ2v) is 7.71. The van der Waals surface area contributed by atoms with E-state index < -0.39 is 5.82 Å². The summed E-state index contributed by atoms with van der Waals surface area (Å²) in [6.07, 6.45) is 1.67. The van der Waals surface area contributed by atoms with Gasteiger partial charge in [-0.25, -0.2) is 9.07 Å². The lowest BCUT2D eigenvalue weighted by atomic mass is 10.2. The van der Waals surface area contributed by atoms with Crippen LogP contribution >= 0.6 is 11.6 Å². The van der Waals surface area contributed by atoms with Gasteiger partial charge in [0.05, 0.1) is 13.1 Å². The van der Waals surface area contributed by atoms with E-state index in [-0.39, 0.29) is 53.5 Å². The van der Waals surface area contributed by atoms with E-state index in [1.807, 2.05) is 30.3 Å². The molecule has 1 aromatic heterocycles. The highest BCUT2D eigenvalue weighted by atomic mass is 35.5. The summed E-state index contributed by atoms with van der Waals surface area (Å²) in [5.41, 5.74) is 0.0657. The Bertz CT molecular complexity index is 1110. The zero-order chi connectivity index (χ0) is 21.8. The summed E-state index contributed by atoms with van der Waals surface area (Å²) in [5, 5.41) is 4.50. The van der Waals surface area contributed by atoms with Crippen LogP contribution in [0.5, 0.6) is 5.75 Å². The number of carbonyl (C=O) groups excluding carboxylic acids is 1. The summed E-state index contributed by atoms with van der Waals surface area (Å²) in [7, 11) is 0. The molecule has 1 heterocycles. The molecule has 6 nitrogen and oxygen atoms in total. The van der Waals surface area contributed by atoms with Gasteiger partial charge in [0, 0.05) is 22.7 Å². The number of aromatic nitrogens is 2. The maximum absolute atomic E-state index is 14.3. The average molecular weight is 442 g/mol. The zero-order valence-electron chi connectivity index (χ0n) is 16.7. The molecule has 0 atom stereocenters. The number of rotatable bonds is 8. The summed E-state index contributed by atoms with van der Waals surface area (Å²) in [6.45, 7) is 0.468. The Hall–Kier alpha value is -3.19. The molecule has 1 aliphatic carbocycles. The standard InChI is InChI=1S/C23H21ClFN3O3/c24-19-7-4-8-20(25)18(19)15-27(16-9-10-16)23(30)21-11-12-22(29)28(26-21)13-14-31-17-5-2-1-3-6-17/h1-8,11-12,16H,9-10,13-15H2. The lowest BCUT2D eigenvalue weighted by molar-refractivity contribution is 0.0719. The summed E-state index contributed by atoms with van der Waals surface area (Å²) in [5.74, 6) is -0.133. The minimum absolute atomic E-state index is 0.00626. The van der Waals surface area contributed by atoms with Crippen molar-refractivity contribution < 1.29 is 13.9 Å². The van der Waals surface area contributed by atoms with Crippen molar-refractivity contribution >= 4 is 17.5 Å². The van der Waals surface area contributed by atoms with Crippen LogP contribution in [0.3, 0.4) is 0 Å². The molecule has 0 N–H and O–H groups in total. The monoisotopic (exact) mass is 441 g/mol. The SMILES string of the molecule is O=C(c1ccc(=O)n(CCOc2ccccc2)n1)N(Cc1c(F)cccc1Cl)C1CC1. The predicted molar refractivity (Wildman–Crippen MR) is 115 cm³/mol. The molecule has 1 fully saturated rings. The van der Waals surface area contributed by atoms with E-state index >= 15 is 0 Å². The average Bonchev–Trinajstić information content (AvgIpc) is 3.60. The van der Waals surface area contributed by atoms with Crippen LogP contribution in [-0.4, -0.2) is 33.2 Å². The molecule has 31 heavy (non-hydrogen) atoms. The fourth-order valence-corrected chi connectivity index (χ4v) is 3.47. The summed E-state index contributed by atoms with van der Waals surface area (Å²) < 4.78 is 21.1. The van der Waals surface area contributed by atoms with Gasteiger partial charge in [-0.05, 0) is 43.2 Å². The highest BCUT2D eigenvalue weighted by molar-refractivity contribution is 6.31. The van der Waals surface area contributed by atoms with Gasteiger partial charge in [-0.1, -0.05) is 35.9 Å². The van der Waals surface area contributed by atoms with Gasteiger partial charge < -0.3 is 9.64 Å². The fraction of sp³-hybridized carbons (Fsp3) is 0.261. The first-order chi connectivity index (χ1) is 15.0. The van der Waals surface area contributed by atoms with Gasteiger partial charge in [0.1, 0.15) is 23.9 Å². The molecule has 0 radical (unpaired) electrons. The van der Waals surface area contributed by atoms with Crippen LogP contribution in [0.25, 0.3) is 0 Å². The van der Waals surface area contributed by atoms with Crippen LogP contribution in [0.15, 0.2) is 65.5 Å². The molecule has 8 heteroatoms. The number of hydrogen-bond donors (Lipinski definition) is 0. The number of nitrogens with zero attached hydrogens (tertiary/aromatic N) is 3. The smallest absolute Gasteiger partial charge is 0.274 e. The Labute approximate surface area is 183 Å². The van der Waals surface area contributed by atoms with E-state index in [1.54, 1.807) is 11.0 Å². The third-order valence-corrected chi connectivity index (χ3v) is 5.39. The lowest BCUT2D eigenvalue weighted by Crippen LogP contribution is -2.35. The van der Waals surface area contributed by atoms with Crippen LogP contribution in [0.2, 0.25) is 5.02 Å². The second kappa shape index (κ2) is 9.31. The quantitative estimate of drug-likeness (QED) is 0.531. The second-order valence-electron chi connectivity index (χ2n) is 7.31. The minimum Gasteiger partial charge on any atom is -0.492 e. The fourth-order valence-electron chi connectivity index (χ4n) is 3.24. The number of amides is 1. The molecule has 2 aromatic carbocycles. The molecule has 3 aromatic rings. The molecular formula is C23H21ClFN3O3. The molecule has 1 aliphatic rings. The maximum atomic E-state index is 14.3. The van der Waals surface area contributed by atoms with Gasteiger partial charge in [0.25, 0.3) is 11.5 Å². The Kier molecular flexibility index (Phi) is 6.32. The summed E-state index contributed by atoms with van der Waals surface area (Å²) in [6, 6.07) is 16.4. The van der Waals surface area contributed by atoms with E-state index in [9.17, 15) is 14.0 Å². The van der Waals surface area contributed by atoms with Crippen molar-refractivity contribution in [1.82, 2.24) is 14.7 Å². The van der Waals surface area contributed by atoms with Crippen molar-refractivity contribution in [1.29, 1.82) is 0 Å². The molecule has 0 aliphatic heterocycles. The van der Waals surface area contributed by atoms with Crippen molar-refractivity contribution in [2.24, 2.45) is 0 Å². The molecule has 0 bridgehead atoms. The topological polar surface area (TPSA) is 64.4 Å². The molecule has 0 saturated heterocycles. The Morgan fingerprint density at radius 2 is 1.90 bits per heavy atom. The van der Waals surface area contributed by atoms with E-state index in [0.29, 0.717) is 5.75 Å². The van der Waals surface area contributed by atoms with Crippen molar-refractivity contribution in [3.63, 3.8) is 0 Å². The predicted octanol–water partition coefficient (Wildman–Crippen LogP) is 3.92. The number of benzene rings is 2. The minimum atomic E-state index is -0.457. The Morgan fingerprint density at radius 1 is 1.13 bits per heavy atom. The van der Waals surface area contributed by atoms with E-state index in [0.717, 1.165) is 12.8 Å². The van der Waals surface area contributed by atoms with E-state index in [2.05, 4.69) is 5.10 Å². The number of para-hydroxylation sites is 1. The Morgan fingerprint density at radius 3 is 2.61 bits per heavy atom. The first-order valence-electron chi connectivity index (χ1n) is 10.0. The van der Waals surface area contributed by atoms with Crippen molar-refractivity contribution in [3.05, 3.63) is 93.1 Å². The van der Waals surface area contributed by atoms with Gasteiger partial charge in [-0.15, -0.1) is 0 Å². The van der Waals surface area contributed by atoms with Crippen LogP contribution in [-0.2, 0) is 13.1 Å². The lowest BCUT2D eigenvalue weighted by Gasteiger charge is -2.23. The van der Waals surface area contributed by atoms with Gasteiger partial charge >= 0.3 is 0 Å². The normalized spacial score (nSPS) is 13.1.